The van der Waals surface area contributed by atoms with E-state index in [4.69, 9.17) is 16.7 Å². The molecule has 0 spiro atoms. The maximum atomic E-state index is 12.8. The first-order valence-electron chi connectivity index (χ1n) is 7.98. The lowest BCUT2D eigenvalue weighted by Crippen LogP contribution is -2.29. The molecule has 1 saturated heterocycles. The van der Waals surface area contributed by atoms with Crippen LogP contribution in [-0.2, 0) is 4.79 Å². The fourth-order valence-electron chi connectivity index (χ4n) is 2.43. The van der Waals surface area contributed by atoms with Gasteiger partial charge in [0.2, 0.25) is 0 Å². The predicted molar refractivity (Wildman–Crippen MR) is 109 cm³/mol. The van der Waals surface area contributed by atoms with Crippen molar-refractivity contribution >= 4 is 52.2 Å². The smallest absolute Gasteiger partial charge is 0.335 e. The highest BCUT2D eigenvalue weighted by Crippen LogP contribution is 2.35. The van der Waals surface area contributed by atoms with Crippen molar-refractivity contribution in [2.75, 3.05) is 6.54 Å². The molecule has 0 atom stereocenters. The normalized spacial score (nSPS) is 16.9. The number of carboxylic acid groups (broad SMARTS) is 1. The van der Waals surface area contributed by atoms with E-state index in [1.807, 2.05) is 18.2 Å². The molecular weight excluding hydrogens is 384 g/mol. The van der Waals surface area contributed by atoms with Crippen LogP contribution in [0.3, 0.4) is 0 Å². The van der Waals surface area contributed by atoms with Gasteiger partial charge in [0.05, 0.1) is 16.2 Å². The number of hydrogen-bond acceptors (Lipinski definition) is 4. The summed E-state index contributed by atoms with van der Waals surface area (Å²) in [6, 6.07) is 13.5. The fraction of sp³-hybridized carbons (Fsp3) is 0.0500. The maximum absolute atomic E-state index is 12.8. The van der Waals surface area contributed by atoms with Crippen molar-refractivity contribution in [1.82, 2.24) is 4.90 Å². The van der Waals surface area contributed by atoms with E-state index < -0.39 is 5.97 Å². The van der Waals surface area contributed by atoms with Crippen LogP contribution in [0.5, 0.6) is 0 Å². The number of halogens is 1. The number of carbonyl (C=O) groups is 2. The van der Waals surface area contributed by atoms with E-state index >= 15 is 0 Å². The van der Waals surface area contributed by atoms with Gasteiger partial charge < -0.3 is 5.11 Å². The average molecular weight is 399 g/mol. The van der Waals surface area contributed by atoms with Gasteiger partial charge in [-0.3, -0.25) is 9.69 Å². The number of hydrogen-bond donors (Lipinski definition) is 1. The monoisotopic (exact) mass is 398 g/mol. The summed E-state index contributed by atoms with van der Waals surface area (Å²) in [5.74, 6) is -1.23. The minimum atomic E-state index is -1.03. The lowest BCUT2D eigenvalue weighted by molar-refractivity contribution is -0.121. The number of aromatic carboxylic acids is 1. The summed E-state index contributed by atoms with van der Waals surface area (Å²) >= 11 is 7.39. The number of thioether (sulfide) groups is 1. The number of carboxylic acids is 1. The van der Waals surface area contributed by atoms with E-state index in [-0.39, 0.29) is 11.5 Å². The van der Waals surface area contributed by atoms with Crippen molar-refractivity contribution in [1.29, 1.82) is 0 Å². The van der Waals surface area contributed by atoms with Crippen LogP contribution in [0.25, 0.3) is 6.08 Å². The molecule has 0 bridgehead atoms. The number of aliphatic imine (C=N–C) groups is 1. The summed E-state index contributed by atoms with van der Waals surface area (Å²) in [4.78, 5) is 30.3. The fourth-order valence-corrected chi connectivity index (χ4v) is 3.62. The molecule has 1 aliphatic heterocycles. The van der Waals surface area contributed by atoms with Gasteiger partial charge in [0.15, 0.2) is 5.17 Å². The van der Waals surface area contributed by atoms with Crippen molar-refractivity contribution in [3.05, 3.63) is 82.2 Å². The van der Waals surface area contributed by atoms with E-state index in [0.717, 1.165) is 5.56 Å². The van der Waals surface area contributed by atoms with Crippen LogP contribution in [0.4, 0.5) is 5.69 Å². The first-order chi connectivity index (χ1) is 13.0. The highest BCUT2D eigenvalue weighted by Gasteiger charge is 2.32. The number of amides is 1. The zero-order chi connectivity index (χ0) is 19.4. The van der Waals surface area contributed by atoms with Crippen LogP contribution in [-0.4, -0.2) is 33.6 Å². The Labute approximate surface area is 165 Å². The summed E-state index contributed by atoms with van der Waals surface area (Å²) in [7, 11) is 0. The highest BCUT2D eigenvalue weighted by atomic mass is 35.5. The number of benzene rings is 2. The van der Waals surface area contributed by atoms with Crippen LogP contribution in [0, 0.1) is 0 Å². The molecule has 1 N–H and O–H groups in total. The topological polar surface area (TPSA) is 70.0 Å². The Morgan fingerprint density at radius 1 is 1.26 bits per heavy atom. The van der Waals surface area contributed by atoms with Gasteiger partial charge in [0, 0.05) is 11.6 Å². The zero-order valence-corrected chi connectivity index (χ0v) is 15.7. The van der Waals surface area contributed by atoms with Gasteiger partial charge in [0.1, 0.15) is 0 Å². The molecule has 5 nitrogen and oxygen atoms in total. The van der Waals surface area contributed by atoms with Gasteiger partial charge in [-0.15, -0.1) is 6.58 Å². The second-order valence-electron chi connectivity index (χ2n) is 5.59. The van der Waals surface area contributed by atoms with E-state index in [0.29, 0.717) is 27.3 Å². The van der Waals surface area contributed by atoms with Gasteiger partial charge in [-0.25, -0.2) is 9.79 Å². The first-order valence-corrected chi connectivity index (χ1v) is 9.18. The summed E-state index contributed by atoms with van der Waals surface area (Å²) in [5.41, 5.74) is 1.33. The van der Waals surface area contributed by atoms with Crippen LogP contribution >= 0.6 is 23.4 Å². The molecular formula is C20H15ClN2O3S. The molecule has 2 aromatic carbocycles. The largest absolute Gasteiger partial charge is 0.478 e. The molecule has 27 heavy (non-hydrogen) atoms. The molecule has 136 valence electrons. The second-order valence-corrected chi connectivity index (χ2v) is 7.00. The summed E-state index contributed by atoms with van der Waals surface area (Å²) < 4.78 is 0. The third-order valence-electron chi connectivity index (χ3n) is 3.71. The SMILES string of the molecule is C=CCN1C(=O)/C(=C/c2ccccc2Cl)SC1=Nc1cccc(C(=O)O)c1. The summed E-state index contributed by atoms with van der Waals surface area (Å²) in [6.45, 7) is 3.98. The first kappa shape index (κ1) is 18.9. The Balaban J connectivity index is 1.98. The van der Waals surface area contributed by atoms with Crippen molar-refractivity contribution in [3.63, 3.8) is 0 Å². The molecule has 1 amide bonds. The Morgan fingerprint density at radius 3 is 2.74 bits per heavy atom. The van der Waals surface area contributed by atoms with Crippen LogP contribution in [0.1, 0.15) is 15.9 Å². The van der Waals surface area contributed by atoms with Gasteiger partial charge in [0.25, 0.3) is 5.91 Å². The van der Waals surface area contributed by atoms with E-state index in [9.17, 15) is 9.59 Å². The van der Waals surface area contributed by atoms with Crippen LogP contribution in [0.2, 0.25) is 5.02 Å². The third-order valence-corrected chi connectivity index (χ3v) is 5.06. The van der Waals surface area contributed by atoms with E-state index in [2.05, 4.69) is 11.6 Å². The third kappa shape index (κ3) is 4.30. The summed E-state index contributed by atoms with van der Waals surface area (Å²) in [6.07, 6.45) is 3.34. The van der Waals surface area contributed by atoms with Crippen molar-refractivity contribution in [2.24, 2.45) is 4.99 Å². The van der Waals surface area contributed by atoms with Crippen molar-refractivity contribution in [2.45, 2.75) is 0 Å². The van der Waals surface area contributed by atoms with E-state index in [1.165, 1.54) is 28.8 Å². The molecule has 0 aromatic heterocycles. The van der Waals surface area contributed by atoms with E-state index in [1.54, 1.807) is 30.4 Å². The number of carbonyl (C=O) groups excluding carboxylic acids is 1. The van der Waals surface area contributed by atoms with Gasteiger partial charge in [-0.1, -0.05) is 41.9 Å². The molecule has 0 saturated carbocycles. The van der Waals surface area contributed by atoms with Crippen LogP contribution in [0.15, 0.2) is 71.1 Å². The molecule has 3 rings (SSSR count). The molecule has 7 heteroatoms. The Bertz CT molecular complexity index is 985. The maximum Gasteiger partial charge on any atom is 0.335 e. The molecule has 0 radical (unpaired) electrons. The van der Waals surface area contributed by atoms with Crippen molar-refractivity contribution in [3.8, 4) is 0 Å². The predicted octanol–water partition coefficient (Wildman–Crippen LogP) is 4.83. The number of nitrogens with zero attached hydrogens (tertiary/aromatic N) is 2. The Morgan fingerprint density at radius 2 is 2.04 bits per heavy atom. The second kappa shape index (κ2) is 8.24. The standard InChI is InChI=1S/C20H15ClN2O3S/c1-2-10-23-18(24)17(12-13-6-3-4-9-16(13)21)27-20(23)22-15-8-5-7-14(11-15)19(25)26/h2-9,11-12H,1,10H2,(H,25,26)/b17-12-,22-20?. The summed E-state index contributed by atoms with van der Waals surface area (Å²) in [5, 5.41) is 10.1. The Hall–Kier alpha value is -2.83. The molecule has 0 unspecified atom stereocenters. The zero-order valence-electron chi connectivity index (χ0n) is 14.1. The molecule has 1 fully saturated rings. The average Bonchev–Trinajstić information content (AvgIpc) is 2.93. The molecule has 2 aromatic rings. The Kier molecular flexibility index (Phi) is 5.78. The van der Waals surface area contributed by atoms with Gasteiger partial charge in [-0.05, 0) is 47.7 Å². The molecule has 1 aliphatic rings. The number of amidine groups is 1. The lowest BCUT2D eigenvalue weighted by Gasteiger charge is -2.12. The minimum Gasteiger partial charge on any atom is -0.478 e. The lowest BCUT2D eigenvalue weighted by atomic mass is 10.2. The molecule has 1 heterocycles. The minimum absolute atomic E-state index is 0.133. The van der Waals surface area contributed by atoms with Crippen molar-refractivity contribution < 1.29 is 14.7 Å². The van der Waals surface area contributed by atoms with Gasteiger partial charge in [-0.2, -0.15) is 0 Å². The van der Waals surface area contributed by atoms with Crippen LogP contribution < -0.4 is 0 Å². The number of rotatable bonds is 5. The highest BCUT2D eigenvalue weighted by molar-refractivity contribution is 8.18. The molecule has 0 aliphatic carbocycles. The van der Waals surface area contributed by atoms with Gasteiger partial charge >= 0.3 is 5.97 Å². The quantitative estimate of drug-likeness (QED) is 0.578.